The minimum Gasteiger partial charge on any atom is -0.342 e. The summed E-state index contributed by atoms with van der Waals surface area (Å²) < 4.78 is 2.14. The summed E-state index contributed by atoms with van der Waals surface area (Å²) in [6.45, 7) is 1.01. The summed E-state index contributed by atoms with van der Waals surface area (Å²) in [7, 11) is 0. The molecule has 39 heavy (non-hydrogen) atoms. The minimum absolute atomic E-state index is 0.0646. The Labute approximate surface area is 231 Å². The number of thioether (sulfide) groups is 1. The number of para-hydroxylation sites is 2. The average Bonchev–Trinajstić information content (AvgIpc) is 3.47. The molecule has 188 valence electrons. The van der Waals surface area contributed by atoms with Gasteiger partial charge in [-0.1, -0.05) is 84.9 Å². The predicted octanol–water partition coefficient (Wildman–Crippen LogP) is 7.37. The highest BCUT2D eigenvalue weighted by atomic mass is 32.2. The van der Waals surface area contributed by atoms with Gasteiger partial charge in [-0.15, -0.1) is 0 Å². The highest BCUT2D eigenvalue weighted by Gasteiger charge is 2.33. The molecule has 0 bridgehead atoms. The van der Waals surface area contributed by atoms with Crippen molar-refractivity contribution in [3.63, 3.8) is 0 Å². The molecule has 6 heteroatoms. The molecular weight excluding hydrogens is 500 g/mol. The van der Waals surface area contributed by atoms with Gasteiger partial charge in [0.2, 0.25) is 0 Å². The third-order valence-corrected chi connectivity index (χ3v) is 7.64. The number of hydrogen-bond donors (Lipinski definition) is 0. The first-order chi connectivity index (χ1) is 19.2. The first kappa shape index (κ1) is 24.5. The van der Waals surface area contributed by atoms with Gasteiger partial charge < -0.3 is 4.57 Å². The topological polar surface area (TPSA) is 61.4 Å². The van der Waals surface area contributed by atoms with E-state index in [1.165, 1.54) is 11.8 Å². The molecule has 0 aliphatic carbocycles. The second-order valence-corrected chi connectivity index (χ2v) is 10.2. The van der Waals surface area contributed by atoms with E-state index in [0.29, 0.717) is 28.7 Å². The Hall–Kier alpha value is -4.86. The Morgan fingerprint density at radius 1 is 0.821 bits per heavy atom. The van der Waals surface area contributed by atoms with Gasteiger partial charge in [-0.25, -0.2) is 4.99 Å². The number of amidine groups is 1. The number of nitrogens with zero attached hydrogens (tertiary/aromatic N) is 4. The summed E-state index contributed by atoms with van der Waals surface area (Å²) in [6, 6.07) is 37.8. The van der Waals surface area contributed by atoms with Crippen LogP contribution in [0.1, 0.15) is 22.3 Å². The molecule has 2 heterocycles. The lowest BCUT2D eigenvalue weighted by atomic mass is 10.1. The van der Waals surface area contributed by atoms with Crippen LogP contribution in [0.25, 0.3) is 17.0 Å². The van der Waals surface area contributed by atoms with Gasteiger partial charge in [0, 0.05) is 29.2 Å². The van der Waals surface area contributed by atoms with Crippen LogP contribution in [0, 0.1) is 11.3 Å². The van der Waals surface area contributed by atoms with E-state index in [2.05, 4.69) is 29.0 Å². The van der Waals surface area contributed by atoms with Crippen molar-refractivity contribution < 1.29 is 4.79 Å². The van der Waals surface area contributed by atoms with Gasteiger partial charge in [-0.3, -0.25) is 9.69 Å². The first-order valence-electron chi connectivity index (χ1n) is 12.6. The number of carbonyl (C=O) groups excluding carboxylic acids is 1. The molecule has 5 aromatic rings. The molecule has 0 spiro atoms. The smallest absolute Gasteiger partial charge is 0.267 e. The SMILES string of the molecule is N#Cc1ccccc1Cn1cc(/C=C2/SC(=Nc3ccccc3)N(Cc3ccccc3)C2=O)c2ccccc21. The first-order valence-corrected chi connectivity index (χ1v) is 13.5. The van der Waals surface area contributed by atoms with E-state index in [4.69, 9.17) is 4.99 Å². The summed E-state index contributed by atoms with van der Waals surface area (Å²) in [5, 5.41) is 11.3. The molecule has 5 nitrogen and oxygen atoms in total. The van der Waals surface area contributed by atoms with E-state index in [0.717, 1.165) is 33.3 Å². The lowest BCUT2D eigenvalue weighted by Crippen LogP contribution is -2.28. The molecule has 0 saturated carbocycles. The van der Waals surface area contributed by atoms with Crippen LogP contribution in [0.4, 0.5) is 5.69 Å². The fourth-order valence-electron chi connectivity index (χ4n) is 4.72. The van der Waals surface area contributed by atoms with E-state index in [1.54, 1.807) is 4.90 Å². The quantitative estimate of drug-likeness (QED) is 0.218. The Kier molecular flexibility index (Phi) is 6.82. The summed E-state index contributed by atoms with van der Waals surface area (Å²) >= 11 is 1.40. The number of aromatic nitrogens is 1. The van der Waals surface area contributed by atoms with Crippen LogP contribution in [0.3, 0.4) is 0 Å². The van der Waals surface area contributed by atoms with Crippen LogP contribution in [0.5, 0.6) is 0 Å². The Morgan fingerprint density at radius 3 is 2.31 bits per heavy atom. The van der Waals surface area contributed by atoms with Crippen molar-refractivity contribution in [2.24, 2.45) is 4.99 Å². The number of amides is 1. The van der Waals surface area contributed by atoms with Gasteiger partial charge in [0.25, 0.3) is 5.91 Å². The second-order valence-electron chi connectivity index (χ2n) is 9.22. The van der Waals surface area contributed by atoms with Gasteiger partial charge in [0.1, 0.15) is 0 Å². The Balaban J connectivity index is 1.39. The third kappa shape index (κ3) is 5.13. The number of fused-ring (bicyclic) bond motifs is 1. The lowest BCUT2D eigenvalue weighted by molar-refractivity contribution is -0.122. The molecule has 1 saturated heterocycles. The average molecular weight is 525 g/mol. The third-order valence-electron chi connectivity index (χ3n) is 6.64. The summed E-state index contributed by atoms with van der Waals surface area (Å²) in [6.07, 6.45) is 4.03. The molecular formula is C33H24N4OS. The van der Waals surface area contributed by atoms with Gasteiger partial charge in [0.15, 0.2) is 5.17 Å². The van der Waals surface area contributed by atoms with Gasteiger partial charge in [0.05, 0.1) is 28.8 Å². The molecule has 0 N–H and O–H groups in total. The lowest BCUT2D eigenvalue weighted by Gasteiger charge is -2.15. The van der Waals surface area contributed by atoms with E-state index in [-0.39, 0.29) is 5.91 Å². The standard InChI is InChI=1S/C33H24N4OS/c34-20-25-13-7-8-14-26(25)22-36-23-27(29-17-9-10-18-30(29)36)19-31-32(38)37(21-24-11-3-1-4-12-24)33(39-31)35-28-15-5-2-6-16-28/h1-19,23H,21-22H2/b31-19+,35-33?. The van der Waals surface area contributed by atoms with Crippen molar-refractivity contribution in [3.8, 4) is 6.07 Å². The number of nitriles is 1. The molecule has 0 unspecified atom stereocenters. The van der Waals surface area contributed by atoms with E-state index < -0.39 is 0 Å². The Morgan fingerprint density at radius 2 is 1.51 bits per heavy atom. The molecule has 1 aromatic heterocycles. The van der Waals surface area contributed by atoms with Crippen LogP contribution in [0.15, 0.2) is 125 Å². The zero-order chi connectivity index (χ0) is 26.6. The fourth-order valence-corrected chi connectivity index (χ4v) is 5.71. The van der Waals surface area contributed by atoms with E-state index in [9.17, 15) is 10.1 Å². The number of carbonyl (C=O) groups is 1. The largest absolute Gasteiger partial charge is 0.342 e. The highest BCUT2D eigenvalue weighted by molar-refractivity contribution is 8.18. The molecule has 1 aliphatic rings. The summed E-state index contributed by atoms with van der Waals surface area (Å²) in [5.74, 6) is -0.0646. The van der Waals surface area contributed by atoms with Gasteiger partial charge in [-0.2, -0.15) is 5.26 Å². The van der Waals surface area contributed by atoms with Gasteiger partial charge in [-0.05, 0) is 53.2 Å². The zero-order valence-electron chi connectivity index (χ0n) is 21.1. The maximum Gasteiger partial charge on any atom is 0.267 e. The van der Waals surface area contributed by atoms with Crippen molar-refractivity contribution in [2.75, 3.05) is 0 Å². The van der Waals surface area contributed by atoms with Crippen LogP contribution in [-0.4, -0.2) is 20.5 Å². The van der Waals surface area contributed by atoms with Crippen molar-refractivity contribution in [3.05, 3.63) is 143 Å². The highest BCUT2D eigenvalue weighted by Crippen LogP contribution is 2.36. The van der Waals surface area contributed by atoms with Crippen LogP contribution < -0.4 is 0 Å². The van der Waals surface area contributed by atoms with Crippen molar-refractivity contribution in [2.45, 2.75) is 13.1 Å². The number of hydrogen-bond acceptors (Lipinski definition) is 4. The molecule has 4 aromatic carbocycles. The molecule has 1 amide bonds. The molecule has 0 atom stereocenters. The van der Waals surface area contributed by atoms with Crippen LogP contribution >= 0.6 is 11.8 Å². The Bertz CT molecular complexity index is 1760. The normalized spacial score (nSPS) is 15.4. The molecule has 6 rings (SSSR count). The number of aliphatic imine (C=N–C) groups is 1. The van der Waals surface area contributed by atoms with Crippen molar-refractivity contribution >= 4 is 45.5 Å². The van der Waals surface area contributed by atoms with Crippen LogP contribution in [0.2, 0.25) is 0 Å². The van der Waals surface area contributed by atoms with E-state index in [1.807, 2.05) is 103 Å². The maximum atomic E-state index is 13.7. The minimum atomic E-state index is -0.0646. The second kappa shape index (κ2) is 10.9. The molecule has 1 aliphatic heterocycles. The summed E-state index contributed by atoms with van der Waals surface area (Å²) in [5.41, 5.74) is 5.47. The van der Waals surface area contributed by atoms with Crippen LogP contribution in [-0.2, 0) is 17.9 Å². The van der Waals surface area contributed by atoms with E-state index >= 15 is 0 Å². The molecule has 1 fully saturated rings. The van der Waals surface area contributed by atoms with Crippen molar-refractivity contribution in [1.29, 1.82) is 5.26 Å². The van der Waals surface area contributed by atoms with Crippen molar-refractivity contribution in [1.82, 2.24) is 9.47 Å². The number of rotatable bonds is 6. The summed E-state index contributed by atoms with van der Waals surface area (Å²) in [4.78, 5) is 21.0. The fraction of sp³-hybridized carbons (Fsp3) is 0.0606. The monoisotopic (exact) mass is 524 g/mol. The molecule has 0 radical (unpaired) electrons. The predicted molar refractivity (Wildman–Crippen MR) is 158 cm³/mol. The number of benzene rings is 4. The van der Waals surface area contributed by atoms with Gasteiger partial charge >= 0.3 is 0 Å². The zero-order valence-corrected chi connectivity index (χ0v) is 21.9. The maximum absolute atomic E-state index is 13.7.